The van der Waals surface area contributed by atoms with Crippen LogP contribution in [-0.2, 0) is 16.1 Å². The number of aliphatic carboxylic acids is 2. The van der Waals surface area contributed by atoms with E-state index in [9.17, 15) is 14.0 Å². The minimum absolute atomic E-state index is 0.0848. The van der Waals surface area contributed by atoms with E-state index in [0.717, 1.165) is 4.90 Å². The molecule has 1 rings (SSSR count). The molecule has 0 aliphatic heterocycles. The van der Waals surface area contributed by atoms with E-state index < -0.39 is 30.8 Å². The Labute approximate surface area is 108 Å². The molecule has 0 spiro atoms. The van der Waals surface area contributed by atoms with Crippen LogP contribution in [0, 0.1) is 17.1 Å². The van der Waals surface area contributed by atoms with E-state index >= 15 is 0 Å². The van der Waals surface area contributed by atoms with Crippen LogP contribution >= 0.6 is 0 Å². The first-order chi connectivity index (χ1) is 8.93. The van der Waals surface area contributed by atoms with Gasteiger partial charge in [0.15, 0.2) is 0 Å². The van der Waals surface area contributed by atoms with Crippen LogP contribution in [0.15, 0.2) is 18.2 Å². The van der Waals surface area contributed by atoms with Gasteiger partial charge in [0, 0.05) is 12.1 Å². The highest BCUT2D eigenvalue weighted by Gasteiger charge is 2.16. The summed E-state index contributed by atoms with van der Waals surface area (Å²) in [6.45, 7) is -1.25. The fraction of sp³-hybridized carbons (Fsp3) is 0.250. The van der Waals surface area contributed by atoms with Crippen molar-refractivity contribution in [1.82, 2.24) is 4.90 Å². The number of carboxylic acids is 2. The number of hydrogen-bond acceptors (Lipinski definition) is 4. The zero-order valence-corrected chi connectivity index (χ0v) is 9.84. The minimum Gasteiger partial charge on any atom is -0.480 e. The molecule has 1 aromatic rings. The Kier molecular flexibility index (Phi) is 4.97. The van der Waals surface area contributed by atoms with Crippen LogP contribution < -0.4 is 0 Å². The molecule has 0 aliphatic carbocycles. The van der Waals surface area contributed by atoms with Crippen molar-refractivity contribution < 1.29 is 24.2 Å². The van der Waals surface area contributed by atoms with Crippen LogP contribution in [0.1, 0.15) is 11.1 Å². The molecule has 1 aromatic carbocycles. The van der Waals surface area contributed by atoms with Gasteiger partial charge in [-0.15, -0.1) is 0 Å². The lowest BCUT2D eigenvalue weighted by Crippen LogP contribution is -2.34. The van der Waals surface area contributed by atoms with Crippen LogP contribution in [0.3, 0.4) is 0 Å². The third kappa shape index (κ3) is 4.37. The van der Waals surface area contributed by atoms with Gasteiger partial charge in [-0.05, 0) is 6.07 Å². The number of carbonyl (C=O) groups is 2. The van der Waals surface area contributed by atoms with Crippen molar-refractivity contribution in [3.8, 4) is 6.07 Å². The summed E-state index contributed by atoms with van der Waals surface area (Å²) in [7, 11) is 0. The van der Waals surface area contributed by atoms with Gasteiger partial charge in [-0.1, -0.05) is 12.1 Å². The normalized spacial score (nSPS) is 10.2. The van der Waals surface area contributed by atoms with Crippen molar-refractivity contribution >= 4 is 11.9 Å². The Morgan fingerprint density at radius 1 is 1.26 bits per heavy atom. The summed E-state index contributed by atoms with van der Waals surface area (Å²) < 4.78 is 13.8. The second kappa shape index (κ2) is 6.47. The molecule has 6 nitrogen and oxygen atoms in total. The monoisotopic (exact) mass is 266 g/mol. The van der Waals surface area contributed by atoms with Gasteiger partial charge >= 0.3 is 11.9 Å². The lowest BCUT2D eigenvalue weighted by molar-refractivity contribution is -0.142. The highest BCUT2D eigenvalue weighted by Crippen LogP contribution is 2.14. The maximum Gasteiger partial charge on any atom is 0.317 e. The molecule has 0 radical (unpaired) electrons. The number of nitriles is 1. The molecular formula is C12H11FN2O4. The Morgan fingerprint density at radius 3 is 2.32 bits per heavy atom. The van der Waals surface area contributed by atoms with E-state index in [4.69, 9.17) is 15.5 Å². The van der Waals surface area contributed by atoms with E-state index in [1.54, 1.807) is 6.07 Å². The van der Waals surface area contributed by atoms with Crippen molar-refractivity contribution in [1.29, 1.82) is 5.26 Å². The third-order valence-electron chi connectivity index (χ3n) is 2.31. The SMILES string of the molecule is N#Cc1cccc(CN(CC(=O)O)CC(=O)O)c1F. The van der Waals surface area contributed by atoms with E-state index in [1.165, 1.54) is 18.2 Å². The molecule has 0 atom stereocenters. The molecule has 0 saturated heterocycles. The van der Waals surface area contributed by atoms with Crippen LogP contribution in [0.4, 0.5) is 4.39 Å². The molecule has 7 heteroatoms. The fourth-order valence-corrected chi connectivity index (χ4v) is 1.58. The zero-order valence-electron chi connectivity index (χ0n) is 9.84. The molecule has 0 unspecified atom stereocenters. The second-order valence-corrected chi connectivity index (χ2v) is 3.82. The Hall–Kier alpha value is -2.46. The van der Waals surface area contributed by atoms with Gasteiger partial charge in [-0.3, -0.25) is 14.5 Å². The summed E-state index contributed by atoms with van der Waals surface area (Å²) in [5, 5.41) is 26.0. The average molecular weight is 266 g/mol. The van der Waals surface area contributed by atoms with Crippen molar-refractivity contribution in [2.75, 3.05) is 13.1 Å². The average Bonchev–Trinajstić information content (AvgIpc) is 2.30. The van der Waals surface area contributed by atoms with Crippen molar-refractivity contribution in [3.63, 3.8) is 0 Å². The lowest BCUT2D eigenvalue weighted by Gasteiger charge is -2.18. The highest BCUT2D eigenvalue weighted by molar-refractivity contribution is 5.72. The molecule has 19 heavy (non-hydrogen) atoms. The maximum absolute atomic E-state index is 13.8. The molecule has 2 N–H and O–H groups in total. The molecule has 0 bridgehead atoms. The smallest absolute Gasteiger partial charge is 0.317 e. The van der Waals surface area contributed by atoms with Crippen LogP contribution in [0.5, 0.6) is 0 Å². The van der Waals surface area contributed by atoms with Crippen LogP contribution in [0.2, 0.25) is 0 Å². The van der Waals surface area contributed by atoms with Crippen molar-refractivity contribution in [2.24, 2.45) is 0 Å². The van der Waals surface area contributed by atoms with Gasteiger partial charge in [-0.2, -0.15) is 5.26 Å². The predicted octanol–water partition coefficient (Wildman–Crippen LogP) is 0.669. The summed E-state index contributed by atoms with van der Waals surface area (Å²) in [6, 6.07) is 5.79. The fourth-order valence-electron chi connectivity index (χ4n) is 1.58. The number of benzene rings is 1. The number of halogens is 1. The first-order valence-corrected chi connectivity index (χ1v) is 5.27. The van der Waals surface area contributed by atoms with Crippen molar-refractivity contribution in [3.05, 3.63) is 35.1 Å². The van der Waals surface area contributed by atoms with Gasteiger partial charge in [0.05, 0.1) is 18.7 Å². The lowest BCUT2D eigenvalue weighted by atomic mass is 10.1. The van der Waals surface area contributed by atoms with E-state index in [1.807, 2.05) is 0 Å². The molecular weight excluding hydrogens is 255 g/mol. The Morgan fingerprint density at radius 2 is 1.84 bits per heavy atom. The third-order valence-corrected chi connectivity index (χ3v) is 2.31. The standard InChI is InChI=1S/C12H11FN2O4/c13-12-8(4-14)2-1-3-9(12)5-15(6-10(16)17)7-11(18)19/h1-3H,5-7H2,(H,16,17)(H,18,19). The van der Waals surface area contributed by atoms with Gasteiger partial charge in [0.1, 0.15) is 11.9 Å². The number of nitrogens with zero attached hydrogens (tertiary/aromatic N) is 2. The summed E-state index contributed by atoms with van der Waals surface area (Å²) in [6.07, 6.45) is 0. The van der Waals surface area contributed by atoms with Gasteiger partial charge < -0.3 is 10.2 Å². The topological polar surface area (TPSA) is 102 Å². The molecule has 0 saturated carbocycles. The summed E-state index contributed by atoms with van der Waals surface area (Å²) in [5.41, 5.74) is -0.0790. The predicted molar refractivity (Wildman–Crippen MR) is 61.7 cm³/mol. The van der Waals surface area contributed by atoms with Crippen LogP contribution in [0.25, 0.3) is 0 Å². The number of hydrogen-bond donors (Lipinski definition) is 2. The summed E-state index contributed by atoms with van der Waals surface area (Å²) in [4.78, 5) is 22.3. The van der Waals surface area contributed by atoms with E-state index in [-0.39, 0.29) is 17.7 Å². The first-order valence-electron chi connectivity index (χ1n) is 5.27. The van der Waals surface area contributed by atoms with Gasteiger partial charge in [-0.25, -0.2) is 4.39 Å². The largest absolute Gasteiger partial charge is 0.480 e. The zero-order chi connectivity index (χ0) is 14.4. The maximum atomic E-state index is 13.8. The first kappa shape index (κ1) is 14.6. The van der Waals surface area contributed by atoms with Crippen molar-refractivity contribution in [2.45, 2.75) is 6.54 Å². The Balaban J connectivity index is 2.93. The molecule has 0 aromatic heterocycles. The quantitative estimate of drug-likeness (QED) is 0.784. The van der Waals surface area contributed by atoms with Gasteiger partial charge in [0.25, 0.3) is 0 Å². The molecule has 0 heterocycles. The number of carboxylic acid groups (broad SMARTS) is 2. The number of rotatable bonds is 6. The van der Waals surface area contributed by atoms with Crippen LogP contribution in [-0.4, -0.2) is 40.1 Å². The molecule has 100 valence electrons. The minimum atomic E-state index is -1.21. The molecule has 0 fully saturated rings. The van der Waals surface area contributed by atoms with E-state index in [2.05, 4.69) is 0 Å². The molecule has 0 amide bonds. The summed E-state index contributed by atoms with van der Waals surface area (Å²) >= 11 is 0. The second-order valence-electron chi connectivity index (χ2n) is 3.82. The Bertz CT molecular complexity index is 523. The summed E-state index contributed by atoms with van der Waals surface area (Å²) in [5.74, 6) is -3.18. The van der Waals surface area contributed by atoms with Gasteiger partial charge in [0.2, 0.25) is 0 Å². The highest BCUT2D eigenvalue weighted by atomic mass is 19.1. The van der Waals surface area contributed by atoms with E-state index in [0.29, 0.717) is 0 Å². The molecule has 0 aliphatic rings.